The van der Waals surface area contributed by atoms with Crippen molar-refractivity contribution >= 4 is 5.69 Å². The molecule has 2 aromatic carbocycles. The third-order valence-electron chi connectivity index (χ3n) is 4.95. The maximum absolute atomic E-state index is 5.44. The summed E-state index contributed by atoms with van der Waals surface area (Å²) in [5, 5.41) is 0. The highest BCUT2D eigenvalue weighted by Crippen LogP contribution is 2.32. The Kier molecular flexibility index (Phi) is 4.98. The fourth-order valence-corrected chi connectivity index (χ4v) is 3.64. The Bertz CT molecular complexity index is 724. The van der Waals surface area contributed by atoms with Gasteiger partial charge in [0.15, 0.2) is 11.5 Å². The van der Waals surface area contributed by atoms with Gasteiger partial charge in [0.05, 0.1) is 14.2 Å². The summed E-state index contributed by atoms with van der Waals surface area (Å²) in [5.41, 5.74) is 7.03. The summed E-state index contributed by atoms with van der Waals surface area (Å²) in [5.74, 6) is 1.56. The molecule has 0 aromatic heterocycles. The van der Waals surface area contributed by atoms with E-state index in [2.05, 4.69) is 43.0 Å². The van der Waals surface area contributed by atoms with Crippen LogP contribution in [-0.2, 0) is 19.4 Å². The number of methoxy groups -OCH3 is 2. The average Bonchev–Trinajstić information content (AvgIpc) is 3.06. The van der Waals surface area contributed by atoms with Crippen molar-refractivity contribution in [3.63, 3.8) is 0 Å². The Balaban J connectivity index is 1.88. The van der Waals surface area contributed by atoms with Gasteiger partial charge in [-0.1, -0.05) is 12.1 Å². The van der Waals surface area contributed by atoms with Gasteiger partial charge in [0.1, 0.15) is 0 Å². The first-order chi connectivity index (χ1) is 11.7. The third kappa shape index (κ3) is 3.21. The van der Waals surface area contributed by atoms with Gasteiger partial charge in [-0.15, -0.1) is 0 Å². The van der Waals surface area contributed by atoms with Crippen LogP contribution in [0.3, 0.4) is 0 Å². The largest absolute Gasteiger partial charge is 0.493 e. The van der Waals surface area contributed by atoms with Crippen LogP contribution in [0.4, 0.5) is 5.69 Å². The van der Waals surface area contributed by atoms with Crippen molar-refractivity contribution in [3.05, 3.63) is 52.6 Å². The van der Waals surface area contributed by atoms with E-state index in [-0.39, 0.29) is 0 Å². The SMILES string of the molecule is CCN(Cc1ccc(OC)c(OC)c1)c1cc2c(cc1C)CCC2. The minimum absolute atomic E-state index is 0.776. The minimum Gasteiger partial charge on any atom is -0.493 e. The van der Waals surface area contributed by atoms with Crippen LogP contribution >= 0.6 is 0 Å². The first-order valence-corrected chi connectivity index (χ1v) is 8.74. The highest BCUT2D eigenvalue weighted by Gasteiger charge is 2.16. The van der Waals surface area contributed by atoms with Gasteiger partial charge in [-0.25, -0.2) is 0 Å². The molecule has 0 N–H and O–H groups in total. The Morgan fingerprint density at radius 1 is 0.958 bits per heavy atom. The summed E-state index contributed by atoms with van der Waals surface area (Å²) in [6.07, 6.45) is 3.74. The molecule has 1 aliphatic rings. The summed E-state index contributed by atoms with van der Waals surface area (Å²) in [6, 6.07) is 11.0. The number of anilines is 1. The van der Waals surface area contributed by atoms with Crippen LogP contribution in [0.2, 0.25) is 0 Å². The lowest BCUT2D eigenvalue weighted by Crippen LogP contribution is -2.23. The monoisotopic (exact) mass is 325 g/mol. The van der Waals surface area contributed by atoms with Gasteiger partial charge in [0.25, 0.3) is 0 Å². The summed E-state index contributed by atoms with van der Waals surface area (Å²) in [7, 11) is 3.35. The van der Waals surface area contributed by atoms with Crippen molar-refractivity contribution in [2.24, 2.45) is 0 Å². The van der Waals surface area contributed by atoms with E-state index in [0.29, 0.717) is 0 Å². The van der Waals surface area contributed by atoms with E-state index in [1.807, 2.05) is 6.07 Å². The topological polar surface area (TPSA) is 21.7 Å². The summed E-state index contributed by atoms with van der Waals surface area (Å²) < 4.78 is 10.8. The highest BCUT2D eigenvalue weighted by atomic mass is 16.5. The second-order valence-corrected chi connectivity index (χ2v) is 6.46. The van der Waals surface area contributed by atoms with Crippen LogP contribution in [0.25, 0.3) is 0 Å². The molecule has 128 valence electrons. The molecule has 24 heavy (non-hydrogen) atoms. The Morgan fingerprint density at radius 2 is 1.67 bits per heavy atom. The van der Waals surface area contributed by atoms with E-state index in [1.165, 1.54) is 41.6 Å². The van der Waals surface area contributed by atoms with E-state index in [0.717, 1.165) is 24.6 Å². The molecule has 0 fully saturated rings. The van der Waals surface area contributed by atoms with Gasteiger partial charge >= 0.3 is 0 Å². The normalized spacial score (nSPS) is 12.8. The van der Waals surface area contributed by atoms with Gasteiger partial charge in [0, 0.05) is 18.8 Å². The van der Waals surface area contributed by atoms with E-state index < -0.39 is 0 Å². The second-order valence-electron chi connectivity index (χ2n) is 6.46. The molecule has 0 bridgehead atoms. The quantitative estimate of drug-likeness (QED) is 0.779. The first-order valence-electron chi connectivity index (χ1n) is 8.74. The number of benzene rings is 2. The molecule has 0 amide bonds. The zero-order valence-electron chi connectivity index (χ0n) is 15.2. The van der Waals surface area contributed by atoms with Crippen LogP contribution in [0.5, 0.6) is 11.5 Å². The van der Waals surface area contributed by atoms with E-state index >= 15 is 0 Å². The van der Waals surface area contributed by atoms with Gasteiger partial charge in [0.2, 0.25) is 0 Å². The molecule has 0 aliphatic heterocycles. The average molecular weight is 325 g/mol. The molecule has 0 saturated carbocycles. The number of hydrogen-bond donors (Lipinski definition) is 0. The molecule has 0 radical (unpaired) electrons. The molecule has 3 nitrogen and oxygen atoms in total. The van der Waals surface area contributed by atoms with E-state index in [1.54, 1.807) is 19.8 Å². The molecule has 1 aliphatic carbocycles. The molecule has 0 unspecified atom stereocenters. The summed E-state index contributed by atoms with van der Waals surface area (Å²) >= 11 is 0. The fourth-order valence-electron chi connectivity index (χ4n) is 3.64. The highest BCUT2D eigenvalue weighted by molar-refractivity contribution is 5.58. The molecule has 0 heterocycles. The number of fused-ring (bicyclic) bond motifs is 1. The van der Waals surface area contributed by atoms with Crippen molar-refractivity contribution < 1.29 is 9.47 Å². The molecule has 0 spiro atoms. The number of aryl methyl sites for hydroxylation is 3. The van der Waals surface area contributed by atoms with Gasteiger partial charge in [-0.2, -0.15) is 0 Å². The fraction of sp³-hybridized carbons (Fsp3) is 0.429. The van der Waals surface area contributed by atoms with Crippen LogP contribution < -0.4 is 14.4 Å². The van der Waals surface area contributed by atoms with E-state index in [4.69, 9.17) is 9.47 Å². The van der Waals surface area contributed by atoms with Gasteiger partial charge < -0.3 is 14.4 Å². The Labute approximate surface area is 145 Å². The zero-order chi connectivity index (χ0) is 17.1. The van der Waals surface area contributed by atoms with Crippen LogP contribution in [-0.4, -0.2) is 20.8 Å². The molecule has 3 heteroatoms. The molecular formula is C21H27NO2. The Hall–Kier alpha value is -2.16. The standard InChI is InChI=1S/C21H27NO2/c1-5-22(14-16-9-10-20(23-3)21(12-16)24-4)19-13-18-8-6-7-17(18)11-15(19)2/h9-13H,5-8,14H2,1-4H3. The smallest absolute Gasteiger partial charge is 0.161 e. The number of hydrogen-bond acceptors (Lipinski definition) is 3. The van der Waals surface area contributed by atoms with Gasteiger partial charge in [-0.3, -0.25) is 0 Å². The van der Waals surface area contributed by atoms with Crippen molar-refractivity contribution in [2.45, 2.75) is 39.7 Å². The van der Waals surface area contributed by atoms with Crippen molar-refractivity contribution in [1.82, 2.24) is 0 Å². The predicted octanol–water partition coefficient (Wildman–Crippen LogP) is 4.53. The van der Waals surface area contributed by atoms with Crippen LogP contribution in [0.15, 0.2) is 30.3 Å². The molecule has 0 saturated heterocycles. The minimum atomic E-state index is 0.776. The molecule has 0 atom stereocenters. The lowest BCUT2D eigenvalue weighted by atomic mass is 10.0. The number of nitrogens with zero attached hydrogens (tertiary/aromatic N) is 1. The molecule has 3 rings (SSSR count). The number of rotatable bonds is 6. The van der Waals surface area contributed by atoms with Crippen molar-refractivity contribution in [3.8, 4) is 11.5 Å². The summed E-state index contributed by atoms with van der Waals surface area (Å²) in [4.78, 5) is 2.44. The van der Waals surface area contributed by atoms with Crippen LogP contribution in [0, 0.1) is 6.92 Å². The molecular weight excluding hydrogens is 298 g/mol. The maximum Gasteiger partial charge on any atom is 0.161 e. The number of ether oxygens (including phenoxy) is 2. The lowest BCUT2D eigenvalue weighted by molar-refractivity contribution is 0.354. The maximum atomic E-state index is 5.44. The second kappa shape index (κ2) is 7.16. The van der Waals surface area contributed by atoms with E-state index in [9.17, 15) is 0 Å². The van der Waals surface area contributed by atoms with Gasteiger partial charge in [-0.05, 0) is 73.6 Å². The van der Waals surface area contributed by atoms with Crippen molar-refractivity contribution in [1.29, 1.82) is 0 Å². The summed E-state index contributed by atoms with van der Waals surface area (Å²) in [6.45, 7) is 6.29. The third-order valence-corrected chi connectivity index (χ3v) is 4.95. The van der Waals surface area contributed by atoms with Crippen LogP contribution in [0.1, 0.15) is 35.6 Å². The first kappa shape index (κ1) is 16.7. The van der Waals surface area contributed by atoms with Crippen molar-refractivity contribution in [2.75, 3.05) is 25.7 Å². The predicted molar refractivity (Wildman–Crippen MR) is 99.5 cm³/mol. The zero-order valence-corrected chi connectivity index (χ0v) is 15.2. The lowest BCUT2D eigenvalue weighted by Gasteiger charge is -2.26. The Morgan fingerprint density at radius 3 is 2.33 bits per heavy atom. The molecule has 2 aromatic rings.